The summed E-state index contributed by atoms with van der Waals surface area (Å²) < 4.78 is 0. The van der Waals surface area contributed by atoms with Gasteiger partial charge in [0.2, 0.25) is 0 Å². The van der Waals surface area contributed by atoms with Crippen molar-refractivity contribution in [2.45, 2.75) is 31.7 Å². The van der Waals surface area contributed by atoms with Crippen molar-refractivity contribution < 1.29 is 9.90 Å². The number of aromatic nitrogens is 1. The van der Waals surface area contributed by atoms with Gasteiger partial charge in [-0.15, -0.1) is 0 Å². The predicted molar refractivity (Wildman–Crippen MR) is 73.1 cm³/mol. The zero-order valence-electron chi connectivity index (χ0n) is 11.3. The first-order chi connectivity index (χ1) is 9.18. The van der Waals surface area contributed by atoms with Crippen LogP contribution in [0.25, 0.3) is 0 Å². The average Bonchev–Trinajstić information content (AvgIpc) is 2.93. The Morgan fingerprint density at radius 2 is 2.26 bits per heavy atom. The molecule has 1 heterocycles. The normalized spacial score (nSPS) is 15.9. The van der Waals surface area contributed by atoms with Crippen LogP contribution in [0.1, 0.15) is 36.2 Å². The lowest BCUT2D eigenvalue weighted by Crippen LogP contribution is -2.37. The van der Waals surface area contributed by atoms with E-state index in [1.807, 2.05) is 0 Å². The van der Waals surface area contributed by atoms with Gasteiger partial charge >= 0.3 is 0 Å². The molecule has 0 saturated heterocycles. The van der Waals surface area contributed by atoms with Gasteiger partial charge in [0.15, 0.2) is 5.69 Å². The molecule has 5 heteroatoms. The highest BCUT2D eigenvalue weighted by Crippen LogP contribution is 2.21. The zero-order valence-corrected chi connectivity index (χ0v) is 11.3. The highest BCUT2D eigenvalue weighted by molar-refractivity contribution is 5.94. The Kier molecular flexibility index (Phi) is 4.74. The summed E-state index contributed by atoms with van der Waals surface area (Å²) in [6.45, 7) is 1.39. The molecule has 104 valence electrons. The Morgan fingerprint density at radius 1 is 1.53 bits per heavy atom. The third kappa shape index (κ3) is 3.67. The van der Waals surface area contributed by atoms with Crippen molar-refractivity contribution in [2.24, 2.45) is 0 Å². The average molecular weight is 263 g/mol. The van der Waals surface area contributed by atoms with Gasteiger partial charge in [-0.05, 0) is 32.0 Å². The van der Waals surface area contributed by atoms with Crippen LogP contribution >= 0.6 is 0 Å². The van der Waals surface area contributed by atoms with Gasteiger partial charge in [-0.25, -0.2) is 4.98 Å². The number of carbonyl (C=O) groups is 1. The molecule has 19 heavy (non-hydrogen) atoms. The molecule has 0 bridgehead atoms. The molecule has 1 aliphatic rings. The fourth-order valence-electron chi connectivity index (χ4n) is 2.53. The van der Waals surface area contributed by atoms with Gasteiger partial charge in [-0.3, -0.25) is 4.79 Å². The Labute approximate surface area is 113 Å². The van der Waals surface area contributed by atoms with Crippen LogP contribution in [0.5, 0.6) is 5.75 Å². The molecule has 0 unspecified atom stereocenters. The minimum absolute atomic E-state index is 0.0795. The van der Waals surface area contributed by atoms with Crippen LogP contribution in [-0.2, 0) is 0 Å². The summed E-state index contributed by atoms with van der Waals surface area (Å²) in [6.07, 6.45) is 6.63. The van der Waals surface area contributed by atoms with E-state index in [0.717, 1.165) is 6.54 Å². The van der Waals surface area contributed by atoms with Crippen molar-refractivity contribution in [3.63, 3.8) is 0 Å². The van der Waals surface area contributed by atoms with Crippen LogP contribution in [0.4, 0.5) is 0 Å². The minimum Gasteiger partial charge on any atom is -0.505 e. The Balaban J connectivity index is 1.76. The third-order valence-electron chi connectivity index (χ3n) is 3.70. The zero-order chi connectivity index (χ0) is 13.7. The second-order valence-electron chi connectivity index (χ2n) is 5.05. The van der Waals surface area contributed by atoms with Crippen LogP contribution in [0, 0.1) is 0 Å². The van der Waals surface area contributed by atoms with Crippen molar-refractivity contribution in [2.75, 3.05) is 20.1 Å². The molecule has 1 amide bonds. The van der Waals surface area contributed by atoms with Crippen LogP contribution in [0.3, 0.4) is 0 Å². The first-order valence-electron chi connectivity index (χ1n) is 6.81. The van der Waals surface area contributed by atoms with Crippen molar-refractivity contribution in [1.82, 2.24) is 15.2 Å². The number of likely N-dealkylation sites (N-methyl/N-ethyl adjacent to an activating group) is 1. The van der Waals surface area contributed by atoms with Crippen molar-refractivity contribution >= 4 is 5.91 Å². The van der Waals surface area contributed by atoms with Gasteiger partial charge in [-0.1, -0.05) is 12.8 Å². The van der Waals surface area contributed by atoms with E-state index in [1.54, 1.807) is 6.07 Å². The summed E-state index contributed by atoms with van der Waals surface area (Å²) in [5, 5.41) is 12.3. The molecule has 0 radical (unpaired) electrons. The fraction of sp³-hybridized carbons (Fsp3) is 0.571. The topological polar surface area (TPSA) is 65.5 Å². The number of pyridine rings is 1. The number of nitrogens with one attached hydrogen (secondary N) is 1. The molecule has 0 atom stereocenters. The SMILES string of the molecule is CN(CCNC(=O)c1ncccc1O)C1CCCC1. The molecule has 1 aliphatic carbocycles. The summed E-state index contributed by atoms with van der Waals surface area (Å²) >= 11 is 0. The molecule has 5 nitrogen and oxygen atoms in total. The molecule has 0 aromatic carbocycles. The summed E-state index contributed by atoms with van der Waals surface area (Å²) in [5.41, 5.74) is 0.0889. The molecule has 2 rings (SSSR count). The van der Waals surface area contributed by atoms with Gasteiger partial charge in [0, 0.05) is 25.3 Å². The van der Waals surface area contributed by atoms with E-state index in [2.05, 4.69) is 22.2 Å². The van der Waals surface area contributed by atoms with Gasteiger partial charge < -0.3 is 15.3 Å². The third-order valence-corrected chi connectivity index (χ3v) is 3.70. The molecule has 2 N–H and O–H groups in total. The van der Waals surface area contributed by atoms with E-state index in [0.29, 0.717) is 12.6 Å². The van der Waals surface area contributed by atoms with Gasteiger partial charge in [0.05, 0.1) is 0 Å². The maximum atomic E-state index is 11.8. The highest BCUT2D eigenvalue weighted by Gasteiger charge is 2.19. The van der Waals surface area contributed by atoms with Crippen LogP contribution < -0.4 is 5.32 Å². The molecule has 1 aromatic heterocycles. The first-order valence-corrected chi connectivity index (χ1v) is 6.81. The number of rotatable bonds is 5. The summed E-state index contributed by atoms with van der Waals surface area (Å²) in [6, 6.07) is 3.71. The van der Waals surface area contributed by atoms with E-state index in [4.69, 9.17) is 0 Å². The number of amides is 1. The molecular weight excluding hydrogens is 242 g/mol. The monoisotopic (exact) mass is 263 g/mol. The first kappa shape index (κ1) is 13.8. The summed E-state index contributed by atoms with van der Waals surface area (Å²) in [4.78, 5) is 18.0. The van der Waals surface area contributed by atoms with Crippen LogP contribution in [-0.4, -0.2) is 47.1 Å². The second-order valence-corrected chi connectivity index (χ2v) is 5.05. The second kappa shape index (κ2) is 6.52. The molecule has 0 spiro atoms. The molecule has 0 aliphatic heterocycles. The van der Waals surface area contributed by atoms with Crippen molar-refractivity contribution in [3.8, 4) is 5.75 Å². The maximum Gasteiger partial charge on any atom is 0.273 e. The van der Waals surface area contributed by atoms with Crippen LogP contribution in [0.15, 0.2) is 18.3 Å². The van der Waals surface area contributed by atoms with E-state index < -0.39 is 0 Å². The number of carbonyl (C=O) groups excluding carboxylic acids is 1. The maximum absolute atomic E-state index is 11.8. The number of nitrogens with zero attached hydrogens (tertiary/aromatic N) is 2. The van der Waals surface area contributed by atoms with Gasteiger partial charge in [-0.2, -0.15) is 0 Å². The van der Waals surface area contributed by atoms with E-state index >= 15 is 0 Å². The van der Waals surface area contributed by atoms with E-state index in [-0.39, 0.29) is 17.4 Å². The Hall–Kier alpha value is -1.62. The van der Waals surface area contributed by atoms with Gasteiger partial charge in [0.1, 0.15) is 5.75 Å². The largest absolute Gasteiger partial charge is 0.505 e. The molecular formula is C14H21N3O2. The molecule has 1 fully saturated rings. The van der Waals surface area contributed by atoms with Gasteiger partial charge in [0.25, 0.3) is 5.91 Å². The van der Waals surface area contributed by atoms with Crippen LogP contribution in [0.2, 0.25) is 0 Å². The predicted octanol–water partition coefficient (Wildman–Crippen LogP) is 1.39. The quantitative estimate of drug-likeness (QED) is 0.842. The Morgan fingerprint density at radius 3 is 2.95 bits per heavy atom. The smallest absolute Gasteiger partial charge is 0.273 e. The van der Waals surface area contributed by atoms with E-state index in [1.165, 1.54) is 37.9 Å². The lowest BCUT2D eigenvalue weighted by molar-refractivity contribution is 0.0939. The lowest BCUT2D eigenvalue weighted by Gasteiger charge is -2.23. The number of hydrogen-bond acceptors (Lipinski definition) is 4. The molecule has 1 aromatic rings. The standard InChI is InChI=1S/C14H21N3O2/c1-17(11-5-2-3-6-11)10-9-16-14(19)13-12(18)7-4-8-15-13/h4,7-8,11,18H,2-3,5-6,9-10H2,1H3,(H,16,19). The summed E-state index contributed by atoms with van der Waals surface area (Å²) in [5.74, 6) is -0.401. The summed E-state index contributed by atoms with van der Waals surface area (Å²) in [7, 11) is 2.10. The van der Waals surface area contributed by atoms with Crippen molar-refractivity contribution in [1.29, 1.82) is 0 Å². The Bertz CT molecular complexity index is 430. The number of hydrogen-bond donors (Lipinski definition) is 2. The minimum atomic E-state index is -0.321. The lowest BCUT2D eigenvalue weighted by atomic mass is 10.2. The fourth-order valence-corrected chi connectivity index (χ4v) is 2.53. The van der Waals surface area contributed by atoms with Crippen molar-refractivity contribution in [3.05, 3.63) is 24.0 Å². The molecule has 1 saturated carbocycles. The highest BCUT2D eigenvalue weighted by atomic mass is 16.3. The number of aromatic hydroxyl groups is 1. The van der Waals surface area contributed by atoms with E-state index in [9.17, 15) is 9.90 Å².